The highest BCUT2D eigenvalue weighted by Gasteiger charge is 2.27. The van der Waals surface area contributed by atoms with Crippen LogP contribution in [0.2, 0.25) is 0 Å². The minimum absolute atomic E-state index is 0.267. The fourth-order valence-corrected chi connectivity index (χ4v) is 4.22. The number of hydrogen-bond donors (Lipinski definition) is 1. The molecule has 1 N–H and O–H groups in total. The summed E-state index contributed by atoms with van der Waals surface area (Å²) in [6.45, 7) is 7.09. The van der Waals surface area contributed by atoms with E-state index in [2.05, 4.69) is 40.1 Å². The van der Waals surface area contributed by atoms with E-state index in [0.717, 1.165) is 63.6 Å². The highest BCUT2D eigenvalue weighted by molar-refractivity contribution is 5.50. The molecule has 138 valence electrons. The van der Waals surface area contributed by atoms with Gasteiger partial charge in [-0.25, -0.2) is 9.97 Å². The van der Waals surface area contributed by atoms with Gasteiger partial charge in [0.1, 0.15) is 11.6 Å². The Balaban J connectivity index is 1.58. The standard InChI is InChI=1S/C21H28N4O/c1-16-22-20-9-11-24(12-17-6-3-2-4-7-17)14-19(20)21(23-16)25-10-5-8-18(13-25)15-26/h2-4,6-7,18,26H,5,8-15H2,1H3/t18-/m0/s1. The highest BCUT2D eigenvalue weighted by Crippen LogP contribution is 2.30. The van der Waals surface area contributed by atoms with E-state index >= 15 is 0 Å². The molecule has 4 rings (SSSR count). The number of anilines is 1. The first-order chi connectivity index (χ1) is 12.7. The van der Waals surface area contributed by atoms with Gasteiger partial charge in [0.15, 0.2) is 0 Å². The number of aromatic nitrogens is 2. The number of aryl methyl sites for hydroxylation is 1. The number of aliphatic hydroxyl groups excluding tert-OH is 1. The molecule has 0 saturated carbocycles. The molecule has 5 heteroatoms. The van der Waals surface area contributed by atoms with Crippen molar-refractivity contribution in [2.45, 2.75) is 39.3 Å². The van der Waals surface area contributed by atoms with Gasteiger partial charge >= 0.3 is 0 Å². The number of hydrogen-bond acceptors (Lipinski definition) is 5. The highest BCUT2D eigenvalue weighted by atomic mass is 16.3. The Labute approximate surface area is 155 Å². The molecule has 0 unspecified atom stereocenters. The summed E-state index contributed by atoms with van der Waals surface area (Å²) in [5.74, 6) is 2.32. The lowest BCUT2D eigenvalue weighted by Crippen LogP contribution is -2.40. The number of fused-ring (bicyclic) bond motifs is 1. The van der Waals surface area contributed by atoms with Crippen molar-refractivity contribution in [2.24, 2.45) is 5.92 Å². The second-order valence-corrected chi connectivity index (χ2v) is 7.60. The van der Waals surface area contributed by atoms with Crippen molar-refractivity contribution in [3.63, 3.8) is 0 Å². The minimum Gasteiger partial charge on any atom is -0.396 e. The average molecular weight is 352 g/mol. The third kappa shape index (κ3) is 3.74. The molecule has 2 aliphatic heterocycles. The Morgan fingerprint density at radius 2 is 2.00 bits per heavy atom. The maximum atomic E-state index is 9.59. The van der Waals surface area contributed by atoms with E-state index in [1.165, 1.54) is 16.8 Å². The molecule has 0 aliphatic carbocycles. The van der Waals surface area contributed by atoms with Gasteiger partial charge in [-0.3, -0.25) is 4.90 Å². The number of piperidine rings is 1. The van der Waals surface area contributed by atoms with Crippen LogP contribution in [0.3, 0.4) is 0 Å². The molecule has 2 aliphatic rings. The Hall–Kier alpha value is -1.98. The molecule has 0 spiro atoms. The van der Waals surface area contributed by atoms with Gasteiger partial charge < -0.3 is 10.0 Å². The normalized spacial score (nSPS) is 20.8. The molecule has 1 fully saturated rings. The van der Waals surface area contributed by atoms with Gasteiger partial charge in [-0.15, -0.1) is 0 Å². The molecule has 3 heterocycles. The zero-order chi connectivity index (χ0) is 17.9. The SMILES string of the molecule is Cc1nc2c(c(N3CCC[C@H](CO)C3)n1)CN(Cc1ccccc1)CC2. The lowest BCUT2D eigenvalue weighted by molar-refractivity contribution is 0.207. The predicted molar refractivity (Wildman–Crippen MR) is 103 cm³/mol. The largest absolute Gasteiger partial charge is 0.396 e. The summed E-state index contributed by atoms with van der Waals surface area (Å²) in [5.41, 5.74) is 3.85. The van der Waals surface area contributed by atoms with Crippen molar-refractivity contribution in [3.05, 3.63) is 53.0 Å². The predicted octanol–water partition coefficient (Wildman–Crippen LogP) is 2.55. The molecule has 26 heavy (non-hydrogen) atoms. The number of benzene rings is 1. The molecule has 1 saturated heterocycles. The van der Waals surface area contributed by atoms with Crippen molar-refractivity contribution >= 4 is 5.82 Å². The zero-order valence-corrected chi connectivity index (χ0v) is 15.6. The zero-order valence-electron chi connectivity index (χ0n) is 15.6. The minimum atomic E-state index is 0.267. The fraction of sp³-hybridized carbons (Fsp3) is 0.524. The van der Waals surface area contributed by atoms with Crippen LogP contribution in [0, 0.1) is 12.8 Å². The Kier molecular flexibility index (Phi) is 5.18. The Bertz CT molecular complexity index is 749. The van der Waals surface area contributed by atoms with Crippen LogP contribution in [0.5, 0.6) is 0 Å². The van der Waals surface area contributed by atoms with Gasteiger partial charge in [0.25, 0.3) is 0 Å². The van der Waals surface area contributed by atoms with Gasteiger partial charge in [0, 0.05) is 51.3 Å². The molecule has 1 atom stereocenters. The lowest BCUT2D eigenvalue weighted by Gasteiger charge is -2.36. The first kappa shape index (κ1) is 17.4. The summed E-state index contributed by atoms with van der Waals surface area (Å²) >= 11 is 0. The maximum Gasteiger partial charge on any atom is 0.137 e. The van der Waals surface area contributed by atoms with E-state index in [1.807, 2.05) is 6.92 Å². The molecule has 1 aromatic carbocycles. The molecule has 0 bridgehead atoms. The van der Waals surface area contributed by atoms with Crippen LogP contribution >= 0.6 is 0 Å². The van der Waals surface area contributed by atoms with E-state index in [9.17, 15) is 5.11 Å². The summed E-state index contributed by atoms with van der Waals surface area (Å²) in [6, 6.07) is 10.7. The molecular weight excluding hydrogens is 324 g/mol. The Morgan fingerprint density at radius 3 is 2.81 bits per heavy atom. The summed E-state index contributed by atoms with van der Waals surface area (Å²) in [4.78, 5) is 14.4. The third-order valence-electron chi connectivity index (χ3n) is 5.56. The van der Waals surface area contributed by atoms with Crippen molar-refractivity contribution in [1.29, 1.82) is 0 Å². The first-order valence-electron chi connectivity index (χ1n) is 9.71. The molecule has 0 radical (unpaired) electrons. The molecule has 0 amide bonds. The van der Waals surface area contributed by atoms with E-state index in [4.69, 9.17) is 9.97 Å². The average Bonchev–Trinajstić information content (AvgIpc) is 2.68. The topological polar surface area (TPSA) is 52.5 Å². The van der Waals surface area contributed by atoms with Crippen LogP contribution in [0.1, 0.15) is 35.5 Å². The fourth-order valence-electron chi connectivity index (χ4n) is 4.22. The third-order valence-corrected chi connectivity index (χ3v) is 5.56. The second-order valence-electron chi connectivity index (χ2n) is 7.60. The van der Waals surface area contributed by atoms with Crippen LogP contribution in [-0.2, 0) is 19.5 Å². The number of rotatable bonds is 4. The summed E-state index contributed by atoms with van der Waals surface area (Å²) in [6.07, 6.45) is 3.21. The molecule has 2 aromatic rings. The smallest absolute Gasteiger partial charge is 0.137 e. The number of nitrogens with zero attached hydrogens (tertiary/aromatic N) is 4. The van der Waals surface area contributed by atoms with E-state index in [-0.39, 0.29) is 6.61 Å². The van der Waals surface area contributed by atoms with E-state index in [0.29, 0.717) is 5.92 Å². The maximum absolute atomic E-state index is 9.59. The van der Waals surface area contributed by atoms with Gasteiger partial charge in [0.2, 0.25) is 0 Å². The second kappa shape index (κ2) is 7.72. The van der Waals surface area contributed by atoms with Crippen LogP contribution in [-0.4, -0.2) is 46.2 Å². The first-order valence-corrected chi connectivity index (χ1v) is 9.71. The van der Waals surface area contributed by atoms with Crippen LogP contribution in [0.25, 0.3) is 0 Å². The van der Waals surface area contributed by atoms with Crippen LogP contribution < -0.4 is 4.90 Å². The van der Waals surface area contributed by atoms with E-state index in [1.54, 1.807) is 0 Å². The van der Waals surface area contributed by atoms with Gasteiger partial charge in [-0.05, 0) is 31.2 Å². The molecule has 5 nitrogen and oxygen atoms in total. The van der Waals surface area contributed by atoms with Crippen molar-refractivity contribution < 1.29 is 5.11 Å². The van der Waals surface area contributed by atoms with Crippen molar-refractivity contribution in [3.8, 4) is 0 Å². The monoisotopic (exact) mass is 352 g/mol. The molecular formula is C21H28N4O. The van der Waals surface area contributed by atoms with Crippen LogP contribution in [0.15, 0.2) is 30.3 Å². The lowest BCUT2D eigenvalue weighted by atomic mass is 9.97. The summed E-state index contributed by atoms with van der Waals surface area (Å²) in [5, 5.41) is 9.59. The Morgan fingerprint density at radius 1 is 1.15 bits per heavy atom. The van der Waals surface area contributed by atoms with Crippen molar-refractivity contribution in [1.82, 2.24) is 14.9 Å². The van der Waals surface area contributed by atoms with Gasteiger partial charge in [-0.2, -0.15) is 0 Å². The van der Waals surface area contributed by atoms with Gasteiger partial charge in [0.05, 0.1) is 5.69 Å². The van der Waals surface area contributed by atoms with Gasteiger partial charge in [-0.1, -0.05) is 30.3 Å². The summed E-state index contributed by atoms with van der Waals surface area (Å²) in [7, 11) is 0. The quantitative estimate of drug-likeness (QED) is 0.916. The number of aliphatic hydroxyl groups is 1. The summed E-state index contributed by atoms with van der Waals surface area (Å²) < 4.78 is 0. The molecule has 1 aromatic heterocycles. The van der Waals surface area contributed by atoms with Crippen LogP contribution in [0.4, 0.5) is 5.82 Å². The van der Waals surface area contributed by atoms with Crippen molar-refractivity contribution in [2.75, 3.05) is 31.1 Å². The van der Waals surface area contributed by atoms with E-state index < -0.39 is 0 Å².